The minimum Gasteiger partial charge on any atom is -0.497 e. The van der Waals surface area contributed by atoms with Crippen LogP contribution in [0.25, 0.3) is 11.4 Å². The van der Waals surface area contributed by atoms with Crippen LogP contribution in [0.4, 0.5) is 0 Å². The number of aromatic amines is 1. The van der Waals surface area contributed by atoms with Gasteiger partial charge in [-0.15, -0.1) is 0 Å². The van der Waals surface area contributed by atoms with Crippen molar-refractivity contribution in [3.63, 3.8) is 0 Å². The van der Waals surface area contributed by atoms with E-state index in [0.717, 1.165) is 23.7 Å². The average Bonchev–Trinajstić information content (AvgIpc) is 3.34. The lowest BCUT2D eigenvalue weighted by atomic mass is 10.2. The fourth-order valence-corrected chi connectivity index (χ4v) is 2.88. The number of aliphatic imine (C=N–C) groups is 1. The number of aromatic nitrogens is 3. The Labute approximate surface area is 150 Å². The van der Waals surface area contributed by atoms with Gasteiger partial charge < -0.3 is 15.4 Å². The van der Waals surface area contributed by atoms with Gasteiger partial charge in [0.05, 0.1) is 13.7 Å². The van der Waals surface area contributed by atoms with E-state index in [1.54, 1.807) is 25.5 Å². The summed E-state index contributed by atoms with van der Waals surface area (Å²) >= 11 is 1.68. The van der Waals surface area contributed by atoms with Crippen LogP contribution in [0.15, 0.2) is 46.1 Å². The number of ether oxygens (including phenoxy) is 1. The quantitative estimate of drug-likeness (QED) is 0.466. The predicted octanol–water partition coefficient (Wildman–Crippen LogP) is 2.41. The van der Waals surface area contributed by atoms with E-state index in [9.17, 15) is 0 Å². The van der Waals surface area contributed by atoms with Crippen LogP contribution in [-0.2, 0) is 13.1 Å². The third-order valence-corrected chi connectivity index (χ3v) is 4.30. The molecule has 0 spiro atoms. The topological polar surface area (TPSA) is 87.2 Å². The normalized spacial score (nSPS) is 11.4. The molecule has 130 valence electrons. The monoisotopic (exact) mass is 356 g/mol. The first-order valence-electron chi connectivity index (χ1n) is 7.80. The molecule has 0 amide bonds. The number of nitrogens with one attached hydrogen (secondary N) is 3. The SMILES string of the molecule is CN=C(NCc1ccsc1)NCc1nc(-c2ccc(OC)cc2)n[nH]1. The van der Waals surface area contributed by atoms with E-state index < -0.39 is 0 Å². The maximum absolute atomic E-state index is 5.16. The number of hydrogen-bond donors (Lipinski definition) is 3. The molecule has 0 radical (unpaired) electrons. The van der Waals surface area contributed by atoms with Gasteiger partial charge in [0, 0.05) is 19.2 Å². The number of methoxy groups -OCH3 is 1. The highest BCUT2D eigenvalue weighted by atomic mass is 32.1. The molecule has 7 nitrogen and oxygen atoms in total. The molecular weight excluding hydrogens is 336 g/mol. The highest BCUT2D eigenvalue weighted by molar-refractivity contribution is 7.07. The van der Waals surface area contributed by atoms with Crippen LogP contribution in [-0.4, -0.2) is 35.3 Å². The number of benzene rings is 1. The van der Waals surface area contributed by atoms with Gasteiger partial charge in [-0.2, -0.15) is 16.4 Å². The Morgan fingerprint density at radius 3 is 2.68 bits per heavy atom. The van der Waals surface area contributed by atoms with Gasteiger partial charge in [0.2, 0.25) is 0 Å². The van der Waals surface area contributed by atoms with Crippen LogP contribution in [0.1, 0.15) is 11.4 Å². The highest BCUT2D eigenvalue weighted by Gasteiger charge is 2.07. The summed E-state index contributed by atoms with van der Waals surface area (Å²) in [5.41, 5.74) is 2.16. The smallest absolute Gasteiger partial charge is 0.191 e. The van der Waals surface area contributed by atoms with Crippen molar-refractivity contribution in [1.29, 1.82) is 0 Å². The van der Waals surface area contributed by atoms with E-state index in [1.165, 1.54) is 5.56 Å². The van der Waals surface area contributed by atoms with Gasteiger partial charge in [-0.05, 0) is 46.7 Å². The van der Waals surface area contributed by atoms with Crippen LogP contribution >= 0.6 is 11.3 Å². The fourth-order valence-electron chi connectivity index (χ4n) is 2.21. The number of rotatable bonds is 6. The standard InChI is InChI=1S/C17H20N6OS/c1-18-17(19-9-12-7-8-25-11-12)20-10-15-21-16(23-22-15)13-3-5-14(24-2)6-4-13/h3-8,11H,9-10H2,1-2H3,(H2,18,19,20)(H,21,22,23). The summed E-state index contributed by atoms with van der Waals surface area (Å²) in [5, 5.41) is 17.9. The lowest BCUT2D eigenvalue weighted by molar-refractivity contribution is 0.415. The average molecular weight is 356 g/mol. The van der Waals surface area contributed by atoms with Crippen molar-refractivity contribution in [2.75, 3.05) is 14.2 Å². The zero-order valence-electron chi connectivity index (χ0n) is 14.1. The van der Waals surface area contributed by atoms with Crippen molar-refractivity contribution in [2.24, 2.45) is 4.99 Å². The molecule has 0 fully saturated rings. The predicted molar refractivity (Wildman–Crippen MR) is 99.7 cm³/mol. The van der Waals surface area contributed by atoms with Gasteiger partial charge in [-0.1, -0.05) is 0 Å². The van der Waals surface area contributed by atoms with Crippen molar-refractivity contribution < 1.29 is 4.74 Å². The van der Waals surface area contributed by atoms with E-state index >= 15 is 0 Å². The summed E-state index contributed by atoms with van der Waals surface area (Å²) in [6.07, 6.45) is 0. The number of nitrogens with zero attached hydrogens (tertiary/aromatic N) is 3. The second kappa shape index (κ2) is 8.29. The Hall–Kier alpha value is -2.87. The van der Waals surface area contributed by atoms with E-state index in [-0.39, 0.29) is 0 Å². The van der Waals surface area contributed by atoms with E-state index in [1.807, 2.05) is 24.3 Å². The maximum atomic E-state index is 5.16. The third kappa shape index (κ3) is 4.57. The Bertz CT molecular complexity index is 810. The van der Waals surface area contributed by atoms with Gasteiger partial charge in [0.15, 0.2) is 11.8 Å². The minimum atomic E-state index is 0.506. The van der Waals surface area contributed by atoms with E-state index in [0.29, 0.717) is 18.3 Å². The van der Waals surface area contributed by atoms with Gasteiger partial charge >= 0.3 is 0 Å². The number of thiophene rings is 1. The summed E-state index contributed by atoms with van der Waals surface area (Å²) in [5.74, 6) is 2.92. The van der Waals surface area contributed by atoms with Gasteiger partial charge in [0.25, 0.3) is 0 Å². The van der Waals surface area contributed by atoms with Crippen LogP contribution in [0.2, 0.25) is 0 Å². The number of H-pyrrole nitrogens is 1. The molecule has 3 aromatic rings. The lowest BCUT2D eigenvalue weighted by Crippen LogP contribution is -2.36. The molecule has 8 heteroatoms. The van der Waals surface area contributed by atoms with Crippen LogP contribution in [0.5, 0.6) is 5.75 Å². The maximum Gasteiger partial charge on any atom is 0.191 e. The molecule has 3 N–H and O–H groups in total. The lowest BCUT2D eigenvalue weighted by Gasteiger charge is -2.09. The van der Waals surface area contributed by atoms with Crippen LogP contribution in [0, 0.1) is 0 Å². The van der Waals surface area contributed by atoms with Crippen LogP contribution < -0.4 is 15.4 Å². The summed E-state index contributed by atoms with van der Waals surface area (Å²) in [4.78, 5) is 8.71. The Kier molecular flexibility index (Phi) is 5.63. The number of hydrogen-bond acceptors (Lipinski definition) is 5. The highest BCUT2D eigenvalue weighted by Crippen LogP contribution is 2.18. The summed E-state index contributed by atoms with van der Waals surface area (Å²) in [6, 6.07) is 9.73. The Morgan fingerprint density at radius 2 is 2.00 bits per heavy atom. The Morgan fingerprint density at radius 1 is 1.20 bits per heavy atom. The molecule has 0 atom stereocenters. The van der Waals surface area contributed by atoms with Gasteiger partial charge in [-0.3, -0.25) is 10.1 Å². The zero-order chi connectivity index (χ0) is 17.5. The molecule has 0 aliphatic heterocycles. The molecule has 0 aliphatic carbocycles. The zero-order valence-corrected chi connectivity index (χ0v) is 14.9. The molecular formula is C17H20N6OS. The summed E-state index contributed by atoms with van der Waals surface area (Å²) in [6.45, 7) is 1.24. The molecule has 2 heterocycles. The van der Waals surface area contributed by atoms with Crippen molar-refractivity contribution in [2.45, 2.75) is 13.1 Å². The first-order chi connectivity index (χ1) is 12.3. The van der Waals surface area contributed by atoms with Gasteiger partial charge in [0.1, 0.15) is 11.6 Å². The van der Waals surface area contributed by atoms with Gasteiger partial charge in [-0.25, -0.2) is 4.98 Å². The molecule has 0 saturated heterocycles. The second-order valence-corrected chi connectivity index (χ2v) is 6.03. The molecule has 3 rings (SSSR count). The largest absolute Gasteiger partial charge is 0.497 e. The molecule has 2 aromatic heterocycles. The summed E-state index contributed by atoms with van der Waals surface area (Å²) in [7, 11) is 3.39. The molecule has 0 saturated carbocycles. The summed E-state index contributed by atoms with van der Waals surface area (Å²) < 4.78 is 5.16. The fraction of sp³-hybridized carbons (Fsp3) is 0.235. The first-order valence-corrected chi connectivity index (χ1v) is 8.74. The van der Waals surface area contributed by atoms with Crippen molar-refractivity contribution in [1.82, 2.24) is 25.8 Å². The van der Waals surface area contributed by atoms with E-state index in [2.05, 4.69) is 47.6 Å². The molecule has 0 aliphatic rings. The number of guanidine groups is 1. The second-order valence-electron chi connectivity index (χ2n) is 5.25. The Balaban J connectivity index is 1.55. The molecule has 0 unspecified atom stereocenters. The van der Waals surface area contributed by atoms with Crippen molar-refractivity contribution in [3.05, 3.63) is 52.5 Å². The van der Waals surface area contributed by atoms with E-state index in [4.69, 9.17) is 4.74 Å². The first kappa shape index (κ1) is 17.0. The molecule has 0 bridgehead atoms. The minimum absolute atomic E-state index is 0.506. The molecule has 25 heavy (non-hydrogen) atoms. The van der Waals surface area contributed by atoms with Crippen molar-refractivity contribution in [3.8, 4) is 17.1 Å². The van der Waals surface area contributed by atoms with Crippen LogP contribution in [0.3, 0.4) is 0 Å². The molecule has 1 aromatic carbocycles. The third-order valence-electron chi connectivity index (χ3n) is 3.57. The van der Waals surface area contributed by atoms with Crippen molar-refractivity contribution >= 4 is 17.3 Å².